The summed E-state index contributed by atoms with van der Waals surface area (Å²) in [5, 5.41) is 0. The molecule has 19 heavy (non-hydrogen) atoms. The van der Waals surface area contributed by atoms with Gasteiger partial charge in [0, 0.05) is 12.8 Å². The molecule has 0 saturated heterocycles. The van der Waals surface area contributed by atoms with Crippen LogP contribution in [0.5, 0.6) is 0 Å². The third kappa shape index (κ3) is 1.88. The van der Waals surface area contributed by atoms with E-state index in [1.165, 1.54) is 14.0 Å². The largest absolute Gasteiger partial charge is 0.466 e. The second kappa shape index (κ2) is 4.79. The van der Waals surface area contributed by atoms with Crippen LogP contribution in [0.25, 0.3) is 0 Å². The lowest BCUT2D eigenvalue weighted by molar-refractivity contribution is -0.186. The average molecular weight is 266 g/mol. The number of fused-ring (bicyclic) bond motifs is 1. The summed E-state index contributed by atoms with van der Waals surface area (Å²) < 4.78 is 9.94. The molecule has 0 aliphatic heterocycles. The van der Waals surface area contributed by atoms with Crippen LogP contribution in [0.4, 0.5) is 0 Å². The van der Waals surface area contributed by atoms with E-state index in [1.807, 2.05) is 0 Å². The van der Waals surface area contributed by atoms with Crippen molar-refractivity contribution in [3.8, 4) is 0 Å². The van der Waals surface area contributed by atoms with E-state index in [9.17, 15) is 14.4 Å². The molecule has 1 fully saturated rings. The van der Waals surface area contributed by atoms with E-state index >= 15 is 0 Å². The summed E-state index contributed by atoms with van der Waals surface area (Å²) in [6.45, 7) is 2.90. The second-order valence-electron chi connectivity index (χ2n) is 5.10. The zero-order valence-corrected chi connectivity index (χ0v) is 11.4. The fourth-order valence-electron chi connectivity index (χ4n) is 3.26. The van der Waals surface area contributed by atoms with E-state index in [0.717, 1.165) is 24.8 Å². The van der Waals surface area contributed by atoms with Crippen molar-refractivity contribution in [3.05, 3.63) is 11.1 Å². The summed E-state index contributed by atoms with van der Waals surface area (Å²) >= 11 is 0. The summed E-state index contributed by atoms with van der Waals surface area (Å²) in [7, 11) is 1.21. The molecule has 0 spiro atoms. The van der Waals surface area contributed by atoms with Crippen LogP contribution in [0, 0.1) is 5.92 Å². The molecule has 0 aromatic heterocycles. The molecule has 2 atom stereocenters. The van der Waals surface area contributed by atoms with Gasteiger partial charge in [-0.2, -0.15) is 0 Å². The molecule has 5 nitrogen and oxygen atoms in total. The van der Waals surface area contributed by atoms with Crippen LogP contribution in [0.15, 0.2) is 11.1 Å². The Kier molecular flexibility index (Phi) is 3.47. The van der Waals surface area contributed by atoms with Crippen LogP contribution < -0.4 is 0 Å². The van der Waals surface area contributed by atoms with Gasteiger partial charge >= 0.3 is 11.9 Å². The van der Waals surface area contributed by atoms with Crippen LogP contribution in [0.2, 0.25) is 0 Å². The number of rotatable bonds is 2. The quantitative estimate of drug-likeness (QED) is 0.560. The van der Waals surface area contributed by atoms with Crippen LogP contribution in [-0.4, -0.2) is 30.4 Å². The molecular weight excluding hydrogens is 248 g/mol. The van der Waals surface area contributed by atoms with Gasteiger partial charge in [-0.1, -0.05) is 12.0 Å². The lowest BCUT2D eigenvalue weighted by Crippen LogP contribution is -2.54. The summed E-state index contributed by atoms with van der Waals surface area (Å²) in [6.07, 6.45) is 3.35. The first-order chi connectivity index (χ1) is 8.95. The zero-order chi connectivity index (χ0) is 14.2. The first-order valence-electron chi connectivity index (χ1n) is 6.47. The fraction of sp³-hybridized carbons (Fsp3) is 0.643. The Bertz CT molecular complexity index is 476. The monoisotopic (exact) mass is 266 g/mol. The maximum absolute atomic E-state index is 12.5. The van der Waals surface area contributed by atoms with Crippen molar-refractivity contribution in [2.45, 2.75) is 45.1 Å². The van der Waals surface area contributed by atoms with Gasteiger partial charge in [0.2, 0.25) is 5.78 Å². The standard InChI is InChI=1S/C14H18O5/c1-8-10-6-4-5-7-11(10)14(12(8)16,13(17)18-3)19-9(2)15/h11H,4-7H2,1-3H3/t11-,14+/m0/s1. The van der Waals surface area contributed by atoms with E-state index in [4.69, 9.17) is 9.47 Å². The van der Waals surface area contributed by atoms with Crippen molar-refractivity contribution in [1.29, 1.82) is 0 Å². The fourth-order valence-corrected chi connectivity index (χ4v) is 3.26. The maximum Gasteiger partial charge on any atom is 0.359 e. The minimum atomic E-state index is -1.78. The molecule has 5 heteroatoms. The van der Waals surface area contributed by atoms with Gasteiger partial charge in [-0.05, 0) is 31.8 Å². The van der Waals surface area contributed by atoms with E-state index in [1.54, 1.807) is 6.92 Å². The number of esters is 2. The lowest BCUT2D eigenvalue weighted by atomic mass is 9.77. The number of methoxy groups -OCH3 is 1. The zero-order valence-electron chi connectivity index (χ0n) is 11.4. The minimum absolute atomic E-state index is 0.356. The van der Waals surface area contributed by atoms with Crippen molar-refractivity contribution in [2.75, 3.05) is 7.11 Å². The molecule has 0 bridgehead atoms. The predicted octanol–water partition coefficient (Wildman–Crippen LogP) is 1.55. The molecule has 104 valence electrons. The number of ketones is 1. The van der Waals surface area contributed by atoms with Crippen molar-refractivity contribution in [2.24, 2.45) is 5.92 Å². The number of Topliss-reactive ketones (excluding diaryl/α,β-unsaturated/α-hetero) is 1. The normalized spacial score (nSPS) is 30.1. The summed E-state index contributed by atoms with van der Waals surface area (Å²) in [5.41, 5.74) is -0.278. The summed E-state index contributed by atoms with van der Waals surface area (Å²) in [6, 6.07) is 0. The van der Waals surface area contributed by atoms with Crippen LogP contribution >= 0.6 is 0 Å². The molecule has 2 aliphatic rings. The van der Waals surface area contributed by atoms with Gasteiger partial charge in [-0.15, -0.1) is 0 Å². The first kappa shape index (κ1) is 13.8. The molecule has 0 heterocycles. The smallest absolute Gasteiger partial charge is 0.359 e. The highest BCUT2D eigenvalue weighted by molar-refractivity contribution is 6.19. The molecule has 2 aliphatic carbocycles. The average Bonchev–Trinajstić information content (AvgIpc) is 2.61. The van der Waals surface area contributed by atoms with Crippen molar-refractivity contribution < 1.29 is 23.9 Å². The van der Waals surface area contributed by atoms with E-state index in [0.29, 0.717) is 12.0 Å². The Labute approximate surface area is 111 Å². The highest BCUT2D eigenvalue weighted by atomic mass is 16.6. The third-order valence-electron chi connectivity index (χ3n) is 4.05. The Morgan fingerprint density at radius 2 is 2.00 bits per heavy atom. The number of hydrogen-bond acceptors (Lipinski definition) is 5. The number of ether oxygens (including phenoxy) is 2. The molecular formula is C14H18O5. The van der Waals surface area contributed by atoms with Gasteiger partial charge in [-0.25, -0.2) is 4.79 Å². The topological polar surface area (TPSA) is 69.7 Å². The first-order valence-corrected chi connectivity index (χ1v) is 6.47. The lowest BCUT2D eigenvalue weighted by Gasteiger charge is -2.34. The minimum Gasteiger partial charge on any atom is -0.466 e. The number of carbonyl (C=O) groups excluding carboxylic acids is 3. The second-order valence-corrected chi connectivity index (χ2v) is 5.10. The molecule has 0 unspecified atom stereocenters. The van der Waals surface area contributed by atoms with E-state index < -0.39 is 23.3 Å². The van der Waals surface area contributed by atoms with Crippen LogP contribution in [0.1, 0.15) is 39.5 Å². The predicted molar refractivity (Wildman–Crippen MR) is 66.2 cm³/mol. The van der Waals surface area contributed by atoms with Crippen LogP contribution in [0.3, 0.4) is 0 Å². The molecule has 2 rings (SSSR count). The third-order valence-corrected chi connectivity index (χ3v) is 4.05. The van der Waals surface area contributed by atoms with E-state index in [-0.39, 0.29) is 5.92 Å². The van der Waals surface area contributed by atoms with Crippen molar-refractivity contribution in [3.63, 3.8) is 0 Å². The van der Waals surface area contributed by atoms with E-state index in [2.05, 4.69) is 0 Å². The summed E-state index contributed by atoms with van der Waals surface area (Å²) in [5.74, 6) is -2.19. The molecule has 0 amide bonds. The molecule has 0 aromatic rings. The molecule has 0 N–H and O–H groups in total. The van der Waals surface area contributed by atoms with Crippen molar-refractivity contribution in [1.82, 2.24) is 0 Å². The SMILES string of the molecule is COC(=O)[C@]1(OC(C)=O)C(=O)C(C)=C2CCCC[C@@H]21. The van der Waals surface area contributed by atoms with Crippen molar-refractivity contribution >= 4 is 17.7 Å². The highest BCUT2D eigenvalue weighted by Gasteiger charge is 2.62. The van der Waals surface area contributed by atoms with Gasteiger partial charge < -0.3 is 9.47 Å². The Hall–Kier alpha value is -1.65. The Morgan fingerprint density at radius 3 is 2.58 bits per heavy atom. The molecule has 0 radical (unpaired) electrons. The Balaban J connectivity index is 2.51. The summed E-state index contributed by atoms with van der Waals surface area (Å²) in [4.78, 5) is 36.0. The number of hydrogen-bond donors (Lipinski definition) is 0. The molecule has 1 saturated carbocycles. The van der Waals surface area contributed by atoms with Gasteiger partial charge in [-0.3, -0.25) is 9.59 Å². The van der Waals surface area contributed by atoms with Gasteiger partial charge in [0.1, 0.15) is 0 Å². The van der Waals surface area contributed by atoms with Gasteiger partial charge in [0.25, 0.3) is 5.60 Å². The highest BCUT2D eigenvalue weighted by Crippen LogP contribution is 2.48. The number of carbonyl (C=O) groups is 3. The maximum atomic E-state index is 12.5. The van der Waals surface area contributed by atoms with Crippen LogP contribution in [-0.2, 0) is 23.9 Å². The molecule has 0 aromatic carbocycles. The van der Waals surface area contributed by atoms with Gasteiger partial charge in [0.15, 0.2) is 0 Å². The van der Waals surface area contributed by atoms with Gasteiger partial charge in [0.05, 0.1) is 7.11 Å². The Morgan fingerprint density at radius 1 is 1.32 bits per heavy atom.